The van der Waals surface area contributed by atoms with Gasteiger partial charge in [-0.2, -0.15) is 0 Å². The SMILES string of the molecule is O=C1OC(C(=O)Nc2nc(-c3ccc4c(c3)CCO4)cs2)Cc2ccccc21. The quantitative estimate of drug-likeness (QED) is 0.691. The van der Waals surface area contributed by atoms with Crippen molar-refractivity contribution in [1.82, 2.24) is 4.98 Å². The van der Waals surface area contributed by atoms with E-state index in [2.05, 4.69) is 16.4 Å². The van der Waals surface area contributed by atoms with E-state index < -0.39 is 12.1 Å². The van der Waals surface area contributed by atoms with Crippen LogP contribution < -0.4 is 10.1 Å². The van der Waals surface area contributed by atoms with E-state index in [1.54, 1.807) is 12.1 Å². The minimum Gasteiger partial charge on any atom is -0.493 e. The van der Waals surface area contributed by atoms with Crippen LogP contribution in [0.15, 0.2) is 47.8 Å². The van der Waals surface area contributed by atoms with Crippen LogP contribution in [0.5, 0.6) is 5.75 Å². The van der Waals surface area contributed by atoms with Crippen molar-refractivity contribution in [2.45, 2.75) is 18.9 Å². The number of anilines is 1. The van der Waals surface area contributed by atoms with Gasteiger partial charge in [-0.3, -0.25) is 10.1 Å². The van der Waals surface area contributed by atoms with Crippen LogP contribution >= 0.6 is 11.3 Å². The molecule has 3 heterocycles. The number of benzene rings is 2. The number of carbonyl (C=O) groups is 2. The summed E-state index contributed by atoms with van der Waals surface area (Å²) in [5.41, 5.74) is 4.28. The summed E-state index contributed by atoms with van der Waals surface area (Å²) in [7, 11) is 0. The number of ether oxygens (including phenoxy) is 2. The van der Waals surface area contributed by atoms with Crippen molar-refractivity contribution in [2.75, 3.05) is 11.9 Å². The Labute approximate surface area is 165 Å². The van der Waals surface area contributed by atoms with E-state index in [-0.39, 0.29) is 5.91 Å². The number of aromatic nitrogens is 1. The van der Waals surface area contributed by atoms with Gasteiger partial charge in [-0.25, -0.2) is 9.78 Å². The van der Waals surface area contributed by atoms with Gasteiger partial charge in [-0.05, 0) is 35.4 Å². The van der Waals surface area contributed by atoms with Gasteiger partial charge in [0, 0.05) is 23.8 Å². The topological polar surface area (TPSA) is 77.5 Å². The van der Waals surface area contributed by atoms with Crippen LogP contribution in [0.3, 0.4) is 0 Å². The molecule has 2 aromatic carbocycles. The van der Waals surface area contributed by atoms with Gasteiger partial charge in [0.15, 0.2) is 11.2 Å². The second kappa shape index (κ2) is 6.76. The second-order valence-corrected chi connectivity index (χ2v) is 7.56. The summed E-state index contributed by atoms with van der Waals surface area (Å²) < 4.78 is 10.8. The summed E-state index contributed by atoms with van der Waals surface area (Å²) in [5.74, 6) is 0.0835. The lowest BCUT2D eigenvalue weighted by molar-refractivity contribution is -0.125. The first-order valence-electron chi connectivity index (χ1n) is 8.99. The fraction of sp³-hybridized carbons (Fsp3) is 0.190. The van der Waals surface area contributed by atoms with Crippen LogP contribution in [-0.4, -0.2) is 29.6 Å². The Bertz CT molecular complexity index is 1090. The molecule has 1 atom stereocenters. The first kappa shape index (κ1) is 16.9. The Hall–Kier alpha value is -3.19. The van der Waals surface area contributed by atoms with Crippen molar-refractivity contribution in [1.29, 1.82) is 0 Å². The van der Waals surface area contributed by atoms with E-state index in [0.717, 1.165) is 29.0 Å². The van der Waals surface area contributed by atoms with Crippen molar-refractivity contribution >= 4 is 28.3 Å². The third-order valence-corrected chi connectivity index (χ3v) is 5.66. The van der Waals surface area contributed by atoms with Crippen molar-refractivity contribution in [3.8, 4) is 17.0 Å². The van der Waals surface area contributed by atoms with Gasteiger partial charge < -0.3 is 9.47 Å². The molecular weight excluding hydrogens is 376 g/mol. The van der Waals surface area contributed by atoms with E-state index in [9.17, 15) is 9.59 Å². The monoisotopic (exact) mass is 392 g/mol. The molecule has 0 saturated heterocycles. The maximum atomic E-state index is 12.6. The fourth-order valence-electron chi connectivity index (χ4n) is 3.47. The Morgan fingerprint density at radius 1 is 1.18 bits per heavy atom. The van der Waals surface area contributed by atoms with Gasteiger partial charge in [0.2, 0.25) is 0 Å². The van der Waals surface area contributed by atoms with E-state index in [4.69, 9.17) is 9.47 Å². The Morgan fingerprint density at radius 3 is 3.00 bits per heavy atom. The highest BCUT2D eigenvalue weighted by Crippen LogP contribution is 2.32. The highest BCUT2D eigenvalue weighted by molar-refractivity contribution is 7.14. The van der Waals surface area contributed by atoms with Crippen LogP contribution in [-0.2, 0) is 22.4 Å². The van der Waals surface area contributed by atoms with Crippen LogP contribution in [0, 0.1) is 0 Å². The molecule has 0 saturated carbocycles. The Morgan fingerprint density at radius 2 is 2.07 bits per heavy atom. The second-order valence-electron chi connectivity index (χ2n) is 6.70. The molecule has 7 heteroatoms. The Balaban J connectivity index is 1.31. The van der Waals surface area contributed by atoms with E-state index in [0.29, 0.717) is 23.7 Å². The highest BCUT2D eigenvalue weighted by atomic mass is 32.1. The zero-order valence-electron chi connectivity index (χ0n) is 14.8. The zero-order valence-corrected chi connectivity index (χ0v) is 15.6. The maximum absolute atomic E-state index is 12.6. The number of nitrogens with one attached hydrogen (secondary N) is 1. The van der Waals surface area contributed by atoms with E-state index >= 15 is 0 Å². The predicted molar refractivity (Wildman–Crippen MR) is 105 cm³/mol. The third-order valence-electron chi connectivity index (χ3n) is 4.90. The maximum Gasteiger partial charge on any atom is 0.339 e. The van der Waals surface area contributed by atoms with Crippen LogP contribution in [0.4, 0.5) is 5.13 Å². The lowest BCUT2D eigenvalue weighted by atomic mass is 9.98. The van der Waals surface area contributed by atoms with Crippen molar-refractivity contribution in [3.05, 3.63) is 64.5 Å². The first-order chi connectivity index (χ1) is 13.7. The molecule has 1 aromatic heterocycles. The number of hydrogen-bond donors (Lipinski definition) is 1. The number of rotatable bonds is 3. The van der Waals surface area contributed by atoms with Gasteiger partial charge in [-0.1, -0.05) is 18.2 Å². The lowest BCUT2D eigenvalue weighted by Crippen LogP contribution is -2.37. The standard InChI is InChI=1S/C21H16N2O4S/c24-19(18-10-12-3-1-2-4-15(12)20(25)27-18)23-21-22-16(11-28-21)13-5-6-17-14(9-13)7-8-26-17/h1-6,9,11,18H,7-8,10H2,(H,22,23,24). The van der Waals surface area contributed by atoms with Crippen molar-refractivity contribution in [2.24, 2.45) is 0 Å². The summed E-state index contributed by atoms with van der Waals surface area (Å²) >= 11 is 1.34. The number of amides is 1. The molecule has 1 N–H and O–H groups in total. The minimum atomic E-state index is -0.855. The normalized spacial score (nSPS) is 17.3. The van der Waals surface area contributed by atoms with Gasteiger partial charge in [-0.15, -0.1) is 11.3 Å². The molecule has 2 aliphatic heterocycles. The predicted octanol–water partition coefficient (Wildman–Crippen LogP) is 3.47. The van der Waals surface area contributed by atoms with E-state index in [1.165, 1.54) is 16.9 Å². The molecule has 1 amide bonds. The van der Waals surface area contributed by atoms with Crippen LogP contribution in [0.25, 0.3) is 11.3 Å². The van der Waals surface area contributed by atoms with Gasteiger partial charge >= 0.3 is 5.97 Å². The molecule has 0 aliphatic carbocycles. The minimum absolute atomic E-state index is 0.358. The number of cyclic esters (lactones) is 1. The molecule has 1 unspecified atom stereocenters. The number of thiazole rings is 1. The molecule has 6 nitrogen and oxygen atoms in total. The molecule has 3 aromatic rings. The van der Waals surface area contributed by atoms with Crippen molar-refractivity contribution < 1.29 is 19.1 Å². The zero-order chi connectivity index (χ0) is 19.1. The average Bonchev–Trinajstić information content (AvgIpc) is 3.36. The highest BCUT2D eigenvalue weighted by Gasteiger charge is 2.31. The van der Waals surface area contributed by atoms with Crippen molar-refractivity contribution in [3.63, 3.8) is 0 Å². The number of hydrogen-bond acceptors (Lipinski definition) is 6. The van der Waals surface area contributed by atoms with Crippen LogP contribution in [0.2, 0.25) is 0 Å². The number of nitrogens with zero attached hydrogens (tertiary/aromatic N) is 1. The lowest BCUT2D eigenvalue weighted by Gasteiger charge is -2.23. The Kier molecular flexibility index (Phi) is 4.09. The summed E-state index contributed by atoms with van der Waals surface area (Å²) in [6, 6.07) is 13.2. The molecule has 0 fully saturated rings. The molecule has 0 spiro atoms. The molecule has 2 aliphatic rings. The molecule has 140 valence electrons. The number of carbonyl (C=O) groups excluding carboxylic acids is 2. The summed E-state index contributed by atoms with van der Waals surface area (Å²) in [6.45, 7) is 0.709. The largest absolute Gasteiger partial charge is 0.493 e. The number of fused-ring (bicyclic) bond motifs is 2. The van der Waals surface area contributed by atoms with Gasteiger partial charge in [0.25, 0.3) is 5.91 Å². The summed E-state index contributed by atoms with van der Waals surface area (Å²) in [5, 5.41) is 5.15. The van der Waals surface area contributed by atoms with E-state index in [1.807, 2.05) is 29.6 Å². The molecule has 0 bridgehead atoms. The summed E-state index contributed by atoms with van der Waals surface area (Å²) in [4.78, 5) is 29.2. The summed E-state index contributed by atoms with van der Waals surface area (Å²) in [6.07, 6.45) is 0.397. The van der Waals surface area contributed by atoms with Gasteiger partial charge in [0.05, 0.1) is 17.9 Å². The molecule has 28 heavy (non-hydrogen) atoms. The van der Waals surface area contributed by atoms with Crippen LogP contribution in [0.1, 0.15) is 21.5 Å². The van der Waals surface area contributed by atoms with Gasteiger partial charge in [0.1, 0.15) is 5.75 Å². The third kappa shape index (κ3) is 3.03. The molecule has 0 radical (unpaired) electrons. The first-order valence-corrected chi connectivity index (χ1v) is 9.87. The molecular formula is C21H16N2O4S. The smallest absolute Gasteiger partial charge is 0.339 e. The number of esters is 1. The fourth-order valence-corrected chi connectivity index (χ4v) is 4.20. The average molecular weight is 392 g/mol. The molecule has 5 rings (SSSR count).